The first kappa shape index (κ1) is 16.0. The Bertz CT molecular complexity index is 871. The average Bonchev–Trinajstić information content (AvgIpc) is 3.37. The second-order valence-electron chi connectivity index (χ2n) is 8.45. The van der Waals surface area contributed by atoms with E-state index in [0.29, 0.717) is 51.2 Å². The van der Waals surface area contributed by atoms with Gasteiger partial charge in [-0.3, -0.25) is 9.59 Å². The van der Waals surface area contributed by atoms with Gasteiger partial charge in [0.05, 0.1) is 32.6 Å². The van der Waals surface area contributed by atoms with Gasteiger partial charge >= 0.3 is 0 Å². The van der Waals surface area contributed by atoms with Crippen molar-refractivity contribution in [2.75, 3.05) is 4.90 Å². The van der Waals surface area contributed by atoms with E-state index < -0.39 is 0 Å². The van der Waals surface area contributed by atoms with E-state index in [4.69, 9.17) is 34.8 Å². The Kier molecular flexibility index (Phi) is 3.11. The number of rotatable bonds is 1. The predicted octanol–water partition coefficient (Wildman–Crippen LogP) is 4.84. The highest BCUT2D eigenvalue weighted by Gasteiger charge is 2.71. The lowest BCUT2D eigenvalue weighted by molar-refractivity contribution is -0.123. The molecule has 6 heteroatoms. The van der Waals surface area contributed by atoms with Gasteiger partial charge < -0.3 is 0 Å². The highest BCUT2D eigenvalue weighted by Crippen LogP contribution is 2.70. The minimum Gasteiger partial charge on any atom is -0.274 e. The highest BCUT2D eigenvalue weighted by molar-refractivity contribution is 6.44. The molecule has 8 atom stereocenters. The number of carbonyl (C=O) groups excluding carboxylic acids is 2. The van der Waals surface area contributed by atoms with Gasteiger partial charge in [-0.05, 0) is 60.5 Å². The SMILES string of the molecule is O=C1C2C3CC(C2C(=O)N1c1cc(Cl)c(Cl)cc1Cl)C1C2C=CC(C2)C31. The van der Waals surface area contributed by atoms with Crippen molar-refractivity contribution < 1.29 is 9.59 Å². The summed E-state index contributed by atoms with van der Waals surface area (Å²) < 4.78 is 0. The fourth-order valence-electron chi connectivity index (χ4n) is 7.04. The maximum absolute atomic E-state index is 13.3. The Balaban J connectivity index is 1.42. The van der Waals surface area contributed by atoms with Crippen molar-refractivity contribution in [3.8, 4) is 0 Å². The summed E-state index contributed by atoms with van der Waals surface area (Å²) in [5.74, 6) is 2.46. The normalized spacial score (nSPS) is 44.3. The number of amides is 2. The third-order valence-corrected chi connectivity index (χ3v) is 8.69. The van der Waals surface area contributed by atoms with E-state index in [2.05, 4.69) is 12.2 Å². The first-order chi connectivity index (χ1) is 12.5. The van der Waals surface area contributed by atoms with Gasteiger partial charge in [-0.15, -0.1) is 0 Å². The number of carbonyl (C=O) groups is 2. The van der Waals surface area contributed by atoms with Gasteiger partial charge in [0.25, 0.3) is 0 Å². The zero-order valence-electron chi connectivity index (χ0n) is 13.7. The molecule has 5 aliphatic rings. The number of nitrogens with zero attached hydrogens (tertiary/aromatic N) is 1. The lowest BCUT2D eigenvalue weighted by atomic mass is 9.65. The quantitative estimate of drug-likeness (QED) is 0.288. The molecule has 1 aromatic carbocycles. The lowest BCUT2D eigenvalue weighted by Crippen LogP contribution is -2.38. The van der Waals surface area contributed by atoms with Crippen LogP contribution >= 0.6 is 34.8 Å². The number of hydrogen-bond donors (Lipinski definition) is 0. The number of benzene rings is 1. The summed E-state index contributed by atoms with van der Waals surface area (Å²) in [5.41, 5.74) is 0.371. The molecule has 0 aromatic heterocycles. The molecule has 8 unspecified atom stereocenters. The fourth-order valence-corrected chi connectivity index (χ4v) is 7.66. The van der Waals surface area contributed by atoms with Crippen molar-refractivity contribution in [3.05, 3.63) is 39.4 Å². The second kappa shape index (κ2) is 5.06. The lowest BCUT2D eigenvalue weighted by Gasteiger charge is -2.36. The van der Waals surface area contributed by atoms with Gasteiger partial charge in [-0.25, -0.2) is 4.90 Å². The first-order valence-electron chi connectivity index (χ1n) is 9.18. The van der Waals surface area contributed by atoms with E-state index >= 15 is 0 Å². The van der Waals surface area contributed by atoms with Crippen LogP contribution in [0.15, 0.2) is 24.3 Å². The molecular formula is C20H16Cl3NO2. The Labute approximate surface area is 166 Å². The molecule has 3 saturated carbocycles. The smallest absolute Gasteiger partial charge is 0.238 e. The van der Waals surface area contributed by atoms with Gasteiger partial charge in [0, 0.05) is 0 Å². The van der Waals surface area contributed by atoms with Crippen LogP contribution in [-0.2, 0) is 9.59 Å². The topological polar surface area (TPSA) is 37.4 Å². The van der Waals surface area contributed by atoms with Crippen molar-refractivity contribution in [1.29, 1.82) is 0 Å². The summed E-state index contributed by atoms with van der Waals surface area (Å²) in [6.07, 6.45) is 6.93. The summed E-state index contributed by atoms with van der Waals surface area (Å²) >= 11 is 18.4. The van der Waals surface area contributed by atoms with Gasteiger partial charge in [-0.2, -0.15) is 0 Å². The zero-order chi connectivity index (χ0) is 17.9. The Hall–Kier alpha value is -1.03. The molecule has 134 valence electrons. The minimum atomic E-state index is -0.188. The molecule has 4 fully saturated rings. The molecule has 2 amide bonds. The molecule has 1 saturated heterocycles. The largest absolute Gasteiger partial charge is 0.274 e. The number of allylic oxidation sites excluding steroid dienone is 2. The molecule has 0 spiro atoms. The van der Waals surface area contributed by atoms with Gasteiger partial charge in [0.15, 0.2) is 0 Å². The third-order valence-electron chi connectivity index (χ3n) is 7.67. The minimum absolute atomic E-state index is 0.0991. The Morgan fingerprint density at radius 1 is 0.769 bits per heavy atom. The maximum Gasteiger partial charge on any atom is 0.238 e. The van der Waals surface area contributed by atoms with E-state index in [1.807, 2.05) is 0 Å². The molecule has 1 heterocycles. The summed E-state index contributed by atoms with van der Waals surface area (Å²) in [5, 5.41) is 0.901. The van der Waals surface area contributed by atoms with Crippen molar-refractivity contribution in [2.24, 2.45) is 47.3 Å². The van der Waals surface area contributed by atoms with E-state index in [9.17, 15) is 9.59 Å². The van der Waals surface area contributed by atoms with Gasteiger partial charge in [0.1, 0.15) is 0 Å². The van der Waals surface area contributed by atoms with Crippen molar-refractivity contribution >= 4 is 52.3 Å². The number of hydrogen-bond acceptors (Lipinski definition) is 2. The van der Waals surface area contributed by atoms with Crippen LogP contribution in [0.3, 0.4) is 0 Å². The van der Waals surface area contributed by atoms with Crippen LogP contribution in [0.25, 0.3) is 0 Å². The molecule has 1 aromatic rings. The van der Waals surface area contributed by atoms with Crippen LogP contribution in [0, 0.1) is 47.3 Å². The van der Waals surface area contributed by atoms with Crippen LogP contribution in [0.1, 0.15) is 12.8 Å². The van der Waals surface area contributed by atoms with Gasteiger partial charge in [0.2, 0.25) is 11.8 Å². The monoisotopic (exact) mass is 407 g/mol. The molecular weight excluding hydrogens is 393 g/mol. The van der Waals surface area contributed by atoms with Crippen LogP contribution in [0.4, 0.5) is 5.69 Å². The number of fused-ring (bicyclic) bond motifs is 12. The second-order valence-corrected chi connectivity index (χ2v) is 9.67. The molecule has 3 nitrogen and oxygen atoms in total. The summed E-state index contributed by atoms with van der Waals surface area (Å²) in [7, 11) is 0. The fraction of sp³-hybridized carbons (Fsp3) is 0.500. The molecule has 6 rings (SSSR count). The van der Waals surface area contributed by atoms with Crippen molar-refractivity contribution in [2.45, 2.75) is 12.8 Å². The van der Waals surface area contributed by atoms with E-state index in [1.54, 1.807) is 0 Å². The molecule has 4 aliphatic carbocycles. The van der Waals surface area contributed by atoms with Crippen LogP contribution < -0.4 is 4.90 Å². The zero-order valence-corrected chi connectivity index (χ0v) is 16.0. The predicted molar refractivity (Wildman–Crippen MR) is 100 cm³/mol. The Morgan fingerprint density at radius 3 is 1.88 bits per heavy atom. The highest BCUT2D eigenvalue weighted by atomic mass is 35.5. The van der Waals surface area contributed by atoms with E-state index in [0.717, 1.165) is 6.42 Å². The number of anilines is 1. The molecule has 0 N–H and O–H groups in total. The first-order valence-corrected chi connectivity index (χ1v) is 10.3. The molecule has 4 bridgehead atoms. The van der Waals surface area contributed by atoms with Crippen molar-refractivity contribution in [1.82, 2.24) is 0 Å². The third kappa shape index (κ3) is 1.73. The number of halogens is 3. The van der Waals surface area contributed by atoms with E-state index in [1.165, 1.54) is 23.5 Å². The van der Waals surface area contributed by atoms with Crippen LogP contribution in [0.5, 0.6) is 0 Å². The standard InChI is InChI=1S/C20H16Cl3NO2/c21-11-5-13(23)14(6-12(11)22)24-19(25)17-9-4-10(18(17)20(24)26)16-8-2-1-7(3-8)15(9)16/h1-2,5-10,15-18H,3-4H2. The summed E-state index contributed by atoms with van der Waals surface area (Å²) in [6.45, 7) is 0. The maximum atomic E-state index is 13.3. The van der Waals surface area contributed by atoms with E-state index in [-0.39, 0.29) is 28.7 Å². The van der Waals surface area contributed by atoms with Crippen molar-refractivity contribution in [3.63, 3.8) is 0 Å². The summed E-state index contributed by atoms with van der Waals surface area (Å²) in [4.78, 5) is 27.9. The molecule has 1 aliphatic heterocycles. The van der Waals surface area contributed by atoms with Crippen LogP contribution in [0.2, 0.25) is 15.1 Å². The molecule has 26 heavy (non-hydrogen) atoms. The molecule has 0 radical (unpaired) electrons. The Morgan fingerprint density at radius 2 is 1.31 bits per heavy atom. The average molecular weight is 409 g/mol. The summed E-state index contributed by atoms with van der Waals surface area (Å²) in [6, 6.07) is 3.04. The van der Waals surface area contributed by atoms with Crippen LogP contribution in [-0.4, -0.2) is 11.8 Å². The number of imide groups is 1. The van der Waals surface area contributed by atoms with Gasteiger partial charge in [-0.1, -0.05) is 47.0 Å².